The third kappa shape index (κ3) is 4.26. The maximum atomic E-state index is 11.3. The Morgan fingerprint density at radius 1 is 1.13 bits per heavy atom. The van der Waals surface area contributed by atoms with Gasteiger partial charge >= 0.3 is 0 Å². The quantitative estimate of drug-likeness (QED) is 0.729. The number of aryl methyl sites for hydroxylation is 1. The molecule has 2 heterocycles. The van der Waals surface area contributed by atoms with Crippen LogP contribution in [0.5, 0.6) is 0 Å². The summed E-state index contributed by atoms with van der Waals surface area (Å²) in [4.78, 5) is 0. The Hall–Kier alpha value is -2.00. The average Bonchev–Trinajstić information content (AvgIpc) is 2.80. The Kier molecular flexibility index (Phi) is 5.32. The molecule has 9 heteroatoms. The number of aromatic nitrogens is 4. The van der Waals surface area contributed by atoms with Crippen LogP contribution < -0.4 is 10.0 Å². The molecule has 0 unspecified atom stereocenters. The smallest absolute Gasteiger partial charge is 0.211 e. The van der Waals surface area contributed by atoms with Gasteiger partial charge < -0.3 is 5.32 Å². The second-order valence-corrected chi connectivity index (χ2v) is 7.30. The predicted molar refractivity (Wildman–Crippen MR) is 89.3 cm³/mol. The van der Waals surface area contributed by atoms with Crippen LogP contribution >= 0.6 is 0 Å². The summed E-state index contributed by atoms with van der Waals surface area (Å²) in [7, 11) is -3.16. The van der Waals surface area contributed by atoms with Gasteiger partial charge in [0.15, 0.2) is 5.82 Å². The van der Waals surface area contributed by atoms with Crippen LogP contribution in [0.4, 0.5) is 5.82 Å². The molecule has 0 aliphatic heterocycles. The van der Waals surface area contributed by atoms with Crippen LogP contribution in [0.25, 0.3) is 5.82 Å². The Bertz CT molecular complexity index is 767. The molecule has 0 saturated carbocycles. The molecule has 0 aliphatic carbocycles. The maximum Gasteiger partial charge on any atom is 0.211 e. The summed E-state index contributed by atoms with van der Waals surface area (Å²) in [5.74, 6) is 1.31. The highest BCUT2D eigenvalue weighted by Crippen LogP contribution is 2.15. The molecule has 0 spiro atoms. The fourth-order valence-electron chi connectivity index (χ4n) is 1.98. The zero-order chi connectivity index (χ0) is 17.0. The van der Waals surface area contributed by atoms with Gasteiger partial charge in [-0.25, -0.2) is 17.8 Å². The van der Waals surface area contributed by atoms with Gasteiger partial charge in [-0.1, -0.05) is 0 Å². The average molecular weight is 338 g/mol. The van der Waals surface area contributed by atoms with Crippen molar-refractivity contribution >= 4 is 15.8 Å². The number of anilines is 1. The second-order valence-electron chi connectivity index (χ2n) is 5.21. The molecule has 0 radical (unpaired) electrons. The van der Waals surface area contributed by atoms with E-state index in [1.54, 1.807) is 17.7 Å². The lowest BCUT2D eigenvalue weighted by Crippen LogP contribution is -2.30. The van der Waals surface area contributed by atoms with Gasteiger partial charge in [0.2, 0.25) is 10.0 Å². The molecule has 0 saturated heterocycles. The Labute approximate surface area is 136 Å². The summed E-state index contributed by atoms with van der Waals surface area (Å²) < 4.78 is 26.8. The Morgan fingerprint density at radius 2 is 1.87 bits per heavy atom. The molecule has 8 nitrogen and oxygen atoms in total. The summed E-state index contributed by atoms with van der Waals surface area (Å²) in [6, 6.07) is 3.62. The second kappa shape index (κ2) is 7.05. The normalized spacial score (nSPS) is 11.7. The van der Waals surface area contributed by atoms with Crippen LogP contribution in [-0.2, 0) is 10.0 Å². The van der Waals surface area contributed by atoms with E-state index in [9.17, 15) is 8.42 Å². The topological polar surface area (TPSA) is 102 Å². The number of sulfonamides is 1. The van der Waals surface area contributed by atoms with E-state index in [4.69, 9.17) is 0 Å². The van der Waals surface area contributed by atoms with Crippen molar-refractivity contribution in [2.75, 3.05) is 24.2 Å². The van der Waals surface area contributed by atoms with Gasteiger partial charge in [0.05, 0.1) is 11.4 Å². The van der Waals surface area contributed by atoms with E-state index in [1.165, 1.54) is 0 Å². The molecule has 126 valence electrons. The van der Waals surface area contributed by atoms with Gasteiger partial charge in [0.25, 0.3) is 0 Å². The van der Waals surface area contributed by atoms with Gasteiger partial charge in [0.1, 0.15) is 5.82 Å². The van der Waals surface area contributed by atoms with E-state index in [2.05, 4.69) is 25.3 Å². The molecule has 2 aromatic heterocycles. The largest absolute Gasteiger partial charge is 0.367 e. The number of rotatable bonds is 7. The lowest BCUT2D eigenvalue weighted by Gasteiger charge is -2.07. The molecule has 23 heavy (non-hydrogen) atoms. The van der Waals surface area contributed by atoms with Crippen LogP contribution in [0.15, 0.2) is 12.1 Å². The van der Waals surface area contributed by atoms with Crippen molar-refractivity contribution in [1.29, 1.82) is 0 Å². The van der Waals surface area contributed by atoms with E-state index in [0.717, 1.165) is 17.0 Å². The van der Waals surface area contributed by atoms with Crippen molar-refractivity contribution in [2.24, 2.45) is 0 Å². The number of nitrogens with one attached hydrogen (secondary N) is 2. The summed E-state index contributed by atoms with van der Waals surface area (Å²) in [6.45, 7) is 8.31. The van der Waals surface area contributed by atoms with Crippen molar-refractivity contribution < 1.29 is 8.42 Å². The third-order valence-corrected chi connectivity index (χ3v) is 5.06. The van der Waals surface area contributed by atoms with Crippen molar-refractivity contribution in [3.63, 3.8) is 0 Å². The van der Waals surface area contributed by atoms with Gasteiger partial charge in [0, 0.05) is 18.8 Å². The first kappa shape index (κ1) is 17.4. The minimum atomic E-state index is -3.16. The molecule has 0 amide bonds. The minimum Gasteiger partial charge on any atom is -0.367 e. The molecule has 0 aliphatic rings. The Morgan fingerprint density at radius 3 is 2.39 bits per heavy atom. The highest BCUT2D eigenvalue weighted by molar-refractivity contribution is 7.89. The lowest BCUT2D eigenvalue weighted by atomic mass is 10.2. The van der Waals surface area contributed by atoms with E-state index >= 15 is 0 Å². The first-order valence-corrected chi connectivity index (χ1v) is 9.07. The highest BCUT2D eigenvalue weighted by atomic mass is 32.2. The summed E-state index contributed by atoms with van der Waals surface area (Å²) in [6.07, 6.45) is 0. The number of hydrogen-bond donors (Lipinski definition) is 2. The molecule has 2 aromatic rings. The first-order chi connectivity index (χ1) is 10.8. The standard InChI is InChI=1S/C14H22N6O2S/c1-5-23(21,22)16-9-8-15-13-6-7-14(18-17-13)20-12(4)10(2)11(3)19-20/h6-7,16H,5,8-9H2,1-4H3,(H,15,17). The molecule has 2 rings (SSSR count). The molecular weight excluding hydrogens is 316 g/mol. The van der Waals surface area contributed by atoms with Gasteiger partial charge in [-0.3, -0.25) is 0 Å². The molecule has 2 N–H and O–H groups in total. The predicted octanol–water partition coefficient (Wildman–Crippen LogP) is 0.939. The van der Waals surface area contributed by atoms with Crippen LogP contribution in [0.3, 0.4) is 0 Å². The van der Waals surface area contributed by atoms with Crippen LogP contribution in [-0.4, -0.2) is 47.2 Å². The van der Waals surface area contributed by atoms with Gasteiger partial charge in [-0.05, 0) is 45.4 Å². The first-order valence-electron chi connectivity index (χ1n) is 7.42. The fourth-order valence-corrected chi connectivity index (χ4v) is 2.59. The maximum absolute atomic E-state index is 11.3. The van der Waals surface area contributed by atoms with Crippen molar-refractivity contribution in [2.45, 2.75) is 27.7 Å². The highest BCUT2D eigenvalue weighted by Gasteiger charge is 2.10. The lowest BCUT2D eigenvalue weighted by molar-refractivity contribution is 0.584. The minimum absolute atomic E-state index is 0.0730. The monoisotopic (exact) mass is 338 g/mol. The summed E-state index contributed by atoms with van der Waals surface area (Å²) in [5, 5.41) is 15.7. The molecule has 0 bridgehead atoms. The Balaban J connectivity index is 1.96. The summed E-state index contributed by atoms with van der Waals surface area (Å²) in [5.41, 5.74) is 3.14. The van der Waals surface area contributed by atoms with Crippen molar-refractivity contribution in [1.82, 2.24) is 24.7 Å². The van der Waals surface area contributed by atoms with E-state index in [0.29, 0.717) is 24.7 Å². The zero-order valence-electron chi connectivity index (χ0n) is 13.8. The summed E-state index contributed by atoms with van der Waals surface area (Å²) >= 11 is 0. The van der Waals surface area contributed by atoms with Crippen molar-refractivity contribution in [3.8, 4) is 5.82 Å². The SMILES string of the molecule is CCS(=O)(=O)NCCNc1ccc(-n2nc(C)c(C)c2C)nn1. The van der Waals surface area contributed by atoms with Crippen LogP contribution in [0.1, 0.15) is 23.9 Å². The van der Waals surface area contributed by atoms with E-state index in [-0.39, 0.29) is 5.75 Å². The zero-order valence-corrected chi connectivity index (χ0v) is 14.6. The third-order valence-electron chi connectivity index (χ3n) is 3.65. The van der Waals surface area contributed by atoms with Gasteiger partial charge in [-0.2, -0.15) is 5.10 Å². The fraction of sp³-hybridized carbons (Fsp3) is 0.500. The van der Waals surface area contributed by atoms with Crippen molar-refractivity contribution in [3.05, 3.63) is 29.1 Å². The molecule has 0 aromatic carbocycles. The van der Waals surface area contributed by atoms with E-state index in [1.807, 2.05) is 26.8 Å². The molecule has 0 atom stereocenters. The molecule has 0 fully saturated rings. The van der Waals surface area contributed by atoms with Crippen LogP contribution in [0.2, 0.25) is 0 Å². The van der Waals surface area contributed by atoms with Gasteiger partial charge in [-0.15, -0.1) is 10.2 Å². The van der Waals surface area contributed by atoms with E-state index < -0.39 is 10.0 Å². The van der Waals surface area contributed by atoms with Crippen LogP contribution in [0, 0.1) is 20.8 Å². The molecular formula is C14H22N6O2S. The number of nitrogens with zero attached hydrogens (tertiary/aromatic N) is 4. The number of hydrogen-bond acceptors (Lipinski definition) is 6.